The Kier molecular flexibility index (Phi) is 4.85. The van der Waals surface area contributed by atoms with E-state index in [4.69, 9.17) is 0 Å². The number of carbonyl (C=O) groups excluding carboxylic acids is 2. The quantitative estimate of drug-likeness (QED) is 0.815. The topological polar surface area (TPSA) is 94.8 Å². The molecule has 0 spiro atoms. The summed E-state index contributed by atoms with van der Waals surface area (Å²) in [5, 5.41) is 9.90. The van der Waals surface area contributed by atoms with Gasteiger partial charge in [-0.1, -0.05) is 15.9 Å². The smallest absolute Gasteiger partial charge is 0.356 e. The Hall–Kier alpha value is -2.61. The maximum atomic E-state index is 12.3. The minimum atomic E-state index is -0.964. The third-order valence-electron chi connectivity index (χ3n) is 3.05. The molecule has 0 unspecified atom stereocenters. The van der Waals surface area contributed by atoms with Crippen molar-refractivity contribution in [1.82, 2.24) is 4.57 Å². The van der Waals surface area contributed by atoms with Crippen molar-refractivity contribution in [2.24, 2.45) is 0 Å². The number of hydrogen-bond acceptors (Lipinski definition) is 6. The van der Waals surface area contributed by atoms with E-state index in [1.807, 2.05) is 0 Å². The number of rotatable bonds is 3. The summed E-state index contributed by atoms with van der Waals surface area (Å²) in [5.74, 6) is -2.58. The van der Waals surface area contributed by atoms with Crippen molar-refractivity contribution in [3.8, 4) is 11.4 Å². The van der Waals surface area contributed by atoms with Crippen LogP contribution < -0.4 is 5.56 Å². The number of nitrogens with zero attached hydrogens (tertiary/aromatic N) is 1. The molecule has 0 atom stereocenters. The molecular weight excluding hydrogens is 370 g/mol. The molecule has 7 nitrogen and oxygen atoms in total. The van der Waals surface area contributed by atoms with Crippen LogP contribution in [-0.2, 0) is 9.47 Å². The molecule has 1 aromatic heterocycles. The molecule has 2 aromatic rings. The Morgan fingerprint density at radius 3 is 2.17 bits per heavy atom. The molecule has 0 bridgehead atoms. The van der Waals surface area contributed by atoms with Crippen LogP contribution in [0.3, 0.4) is 0 Å². The van der Waals surface area contributed by atoms with Crippen LogP contribution in [0.2, 0.25) is 0 Å². The van der Waals surface area contributed by atoms with Gasteiger partial charge in [0.1, 0.15) is 11.3 Å². The lowest BCUT2D eigenvalue weighted by atomic mass is 10.1. The van der Waals surface area contributed by atoms with E-state index in [0.717, 1.165) is 29.3 Å². The van der Waals surface area contributed by atoms with E-state index >= 15 is 0 Å². The van der Waals surface area contributed by atoms with Crippen LogP contribution in [0.4, 0.5) is 0 Å². The zero-order valence-electron chi connectivity index (χ0n) is 12.2. The standard InChI is InChI=1S/C15H12BrNO6/c1-22-14(20)12-10(18)7-11(19)17(13(12)15(21)23-2)9-5-3-8(16)4-6-9/h3-7,18H,1-2H3. The van der Waals surface area contributed by atoms with E-state index < -0.39 is 34.5 Å². The Labute approximate surface area is 139 Å². The monoisotopic (exact) mass is 381 g/mol. The van der Waals surface area contributed by atoms with Crippen LogP contribution in [0.1, 0.15) is 20.8 Å². The fourth-order valence-corrected chi connectivity index (χ4v) is 2.30. The number of hydrogen-bond donors (Lipinski definition) is 1. The predicted octanol–water partition coefficient (Wildman–Crippen LogP) is 1.88. The van der Waals surface area contributed by atoms with Crippen molar-refractivity contribution in [3.05, 3.63) is 56.4 Å². The number of benzene rings is 1. The van der Waals surface area contributed by atoms with Crippen LogP contribution >= 0.6 is 15.9 Å². The van der Waals surface area contributed by atoms with E-state index in [0.29, 0.717) is 5.69 Å². The molecule has 0 saturated heterocycles. The summed E-state index contributed by atoms with van der Waals surface area (Å²) in [6.07, 6.45) is 0. The molecule has 23 heavy (non-hydrogen) atoms. The third-order valence-corrected chi connectivity index (χ3v) is 3.58. The highest BCUT2D eigenvalue weighted by molar-refractivity contribution is 9.10. The van der Waals surface area contributed by atoms with Crippen molar-refractivity contribution in [3.63, 3.8) is 0 Å². The highest BCUT2D eigenvalue weighted by atomic mass is 79.9. The summed E-state index contributed by atoms with van der Waals surface area (Å²) < 4.78 is 11.0. The van der Waals surface area contributed by atoms with Gasteiger partial charge >= 0.3 is 11.9 Å². The fourth-order valence-electron chi connectivity index (χ4n) is 2.04. The summed E-state index contributed by atoms with van der Waals surface area (Å²) >= 11 is 3.27. The zero-order valence-corrected chi connectivity index (χ0v) is 13.8. The number of halogens is 1. The Bertz CT molecular complexity index is 825. The average molecular weight is 382 g/mol. The van der Waals surface area contributed by atoms with E-state index in [-0.39, 0.29) is 0 Å². The number of esters is 2. The summed E-state index contributed by atoms with van der Waals surface area (Å²) in [5.41, 5.74) is -1.23. The van der Waals surface area contributed by atoms with Gasteiger partial charge in [0.25, 0.3) is 5.56 Å². The minimum absolute atomic E-state index is 0.323. The minimum Gasteiger partial charge on any atom is -0.507 e. The molecule has 0 aliphatic rings. The summed E-state index contributed by atoms with van der Waals surface area (Å²) in [6, 6.07) is 7.29. The molecule has 0 amide bonds. The maximum Gasteiger partial charge on any atom is 0.356 e. The van der Waals surface area contributed by atoms with Crippen LogP contribution in [0.5, 0.6) is 5.75 Å². The van der Waals surface area contributed by atoms with Gasteiger partial charge in [-0.15, -0.1) is 0 Å². The highest BCUT2D eigenvalue weighted by Gasteiger charge is 2.28. The van der Waals surface area contributed by atoms with Crippen molar-refractivity contribution in [1.29, 1.82) is 0 Å². The van der Waals surface area contributed by atoms with Gasteiger partial charge in [-0.2, -0.15) is 0 Å². The summed E-state index contributed by atoms with van der Waals surface area (Å²) in [4.78, 5) is 36.3. The average Bonchev–Trinajstić information content (AvgIpc) is 2.54. The first kappa shape index (κ1) is 16.8. The second-order valence-corrected chi connectivity index (χ2v) is 5.30. The van der Waals surface area contributed by atoms with Gasteiger partial charge in [-0.05, 0) is 24.3 Å². The molecule has 1 aromatic carbocycles. The Morgan fingerprint density at radius 1 is 1.09 bits per heavy atom. The van der Waals surface area contributed by atoms with Gasteiger partial charge in [-0.25, -0.2) is 9.59 Å². The molecule has 8 heteroatoms. The number of methoxy groups -OCH3 is 2. The molecule has 120 valence electrons. The van der Waals surface area contributed by atoms with Crippen molar-refractivity contribution in [2.45, 2.75) is 0 Å². The lowest BCUT2D eigenvalue weighted by molar-refractivity contribution is 0.0543. The molecule has 0 saturated carbocycles. The van der Waals surface area contributed by atoms with Gasteiger partial charge in [0.05, 0.1) is 14.2 Å². The first-order chi connectivity index (χ1) is 10.9. The Morgan fingerprint density at radius 2 is 1.65 bits per heavy atom. The fraction of sp³-hybridized carbons (Fsp3) is 0.133. The van der Waals surface area contributed by atoms with Crippen LogP contribution in [0.25, 0.3) is 5.69 Å². The van der Waals surface area contributed by atoms with Crippen LogP contribution in [0, 0.1) is 0 Å². The second kappa shape index (κ2) is 6.66. The first-order valence-electron chi connectivity index (χ1n) is 6.32. The van der Waals surface area contributed by atoms with E-state index in [1.165, 1.54) is 0 Å². The van der Waals surface area contributed by atoms with E-state index in [2.05, 4.69) is 25.4 Å². The molecule has 2 rings (SSSR count). The van der Waals surface area contributed by atoms with Gasteiger partial charge in [0.15, 0.2) is 5.69 Å². The summed E-state index contributed by atoms with van der Waals surface area (Å²) in [7, 11) is 2.20. The number of ether oxygens (including phenoxy) is 2. The molecule has 0 aliphatic heterocycles. The number of aromatic nitrogens is 1. The predicted molar refractivity (Wildman–Crippen MR) is 84.1 cm³/mol. The highest BCUT2D eigenvalue weighted by Crippen LogP contribution is 2.24. The van der Waals surface area contributed by atoms with E-state index in [9.17, 15) is 19.5 Å². The van der Waals surface area contributed by atoms with Gasteiger partial charge in [0, 0.05) is 16.2 Å². The Balaban J connectivity index is 2.90. The third kappa shape index (κ3) is 3.11. The normalized spacial score (nSPS) is 10.2. The first-order valence-corrected chi connectivity index (χ1v) is 7.11. The van der Waals surface area contributed by atoms with Gasteiger partial charge < -0.3 is 14.6 Å². The zero-order chi connectivity index (χ0) is 17.1. The molecule has 0 fully saturated rings. The van der Waals surface area contributed by atoms with Crippen LogP contribution in [-0.4, -0.2) is 35.8 Å². The number of carbonyl (C=O) groups is 2. The van der Waals surface area contributed by atoms with Crippen molar-refractivity contribution >= 4 is 27.9 Å². The lowest BCUT2D eigenvalue weighted by Crippen LogP contribution is -2.28. The van der Waals surface area contributed by atoms with Gasteiger partial charge in [-0.3, -0.25) is 9.36 Å². The van der Waals surface area contributed by atoms with Crippen molar-refractivity contribution in [2.75, 3.05) is 14.2 Å². The van der Waals surface area contributed by atoms with Gasteiger partial charge in [0.2, 0.25) is 0 Å². The number of aromatic hydroxyl groups is 1. The molecule has 0 radical (unpaired) electrons. The van der Waals surface area contributed by atoms with E-state index in [1.54, 1.807) is 24.3 Å². The largest absolute Gasteiger partial charge is 0.507 e. The van der Waals surface area contributed by atoms with Crippen molar-refractivity contribution < 1.29 is 24.2 Å². The maximum absolute atomic E-state index is 12.3. The van der Waals surface area contributed by atoms with Crippen LogP contribution in [0.15, 0.2) is 39.6 Å². The number of pyridine rings is 1. The molecule has 1 N–H and O–H groups in total. The second-order valence-electron chi connectivity index (χ2n) is 4.39. The lowest BCUT2D eigenvalue weighted by Gasteiger charge is -2.15. The molecular formula is C15H12BrNO6. The molecule has 1 heterocycles. The molecule has 0 aliphatic carbocycles. The summed E-state index contributed by atoms with van der Waals surface area (Å²) in [6.45, 7) is 0. The SMILES string of the molecule is COC(=O)c1c(O)cc(=O)n(-c2ccc(Br)cc2)c1C(=O)OC.